The van der Waals surface area contributed by atoms with Crippen LogP contribution in [0.15, 0.2) is 30.3 Å². The summed E-state index contributed by atoms with van der Waals surface area (Å²) in [4.78, 5) is 0. The van der Waals surface area contributed by atoms with Crippen LogP contribution in [0.2, 0.25) is 0 Å². The van der Waals surface area contributed by atoms with E-state index in [0.29, 0.717) is 16.9 Å². The topological polar surface area (TPSA) is 9.23 Å². The predicted molar refractivity (Wildman–Crippen MR) is 107 cm³/mol. The fourth-order valence-corrected chi connectivity index (χ4v) is 7.65. The first-order valence-electron chi connectivity index (χ1n) is 11.3. The van der Waals surface area contributed by atoms with Crippen molar-refractivity contribution in [3.63, 3.8) is 0 Å². The lowest BCUT2D eigenvalue weighted by molar-refractivity contribution is -0.0865. The van der Waals surface area contributed by atoms with Gasteiger partial charge in [0.25, 0.3) is 0 Å². The largest absolute Gasteiger partial charge is 0.377 e. The Morgan fingerprint density at radius 2 is 1.65 bits per heavy atom. The molecule has 0 aromatic heterocycles. The van der Waals surface area contributed by atoms with Gasteiger partial charge in [0.2, 0.25) is 0 Å². The number of ether oxygens (including phenoxy) is 1. The second kappa shape index (κ2) is 6.66. The van der Waals surface area contributed by atoms with Crippen molar-refractivity contribution in [2.45, 2.75) is 83.7 Å². The van der Waals surface area contributed by atoms with Crippen LogP contribution in [0.5, 0.6) is 0 Å². The summed E-state index contributed by atoms with van der Waals surface area (Å²) in [6.45, 7) is 3.47. The average Bonchev–Trinajstić information content (AvgIpc) is 3.05. The van der Waals surface area contributed by atoms with E-state index in [-0.39, 0.29) is 0 Å². The third-order valence-electron chi connectivity index (χ3n) is 8.89. The molecule has 6 rings (SSSR count). The monoisotopic (exact) mass is 352 g/mol. The summed E-state index contributed by atoms with van der Waals surface area (Å²) in [7, 11) is 0. The van der Waals surface area contributed by atoms with E-state index in [9.17, 15) is 0 Å². The first kappa shape index (κ1) is 17.3. The zero-order valence-corrected chi connectivity index (χ0v) is 16.6. The zero-order chi connectivity index (χ0) is 17.6. The van der Waals surface area contributed by atoms with Crippen LogP contribution in [-0.2, 0) is 11.2 Å². The highest BCUT2D eigenvalue weighted by atomic mass is 16.5. The highest BCUT2D eigenvalue weighted by molar-refractivity contribution is 5.17. The van der Waals surface area contributed by atoms with Crippen molar-refractivity contribution in [2.24, 2.45) is 28.6 Å². The third kappa shape index (κ3) is 2.95. The molecule has 5 aliphatic rings. The third-order valence-corrected chi connectivity index (χ3v) is 8.89. The Balaban J connectivity index is 1.29. The van der Waals surface area contributed by atoms with Crippen molar-refractivity contribution in [1.82, 2.24) is 0 Å². The van der Waals surface area contributed by atoms with Crippen LogP contribution in [0.1, 0.15) is 76.7 Å². The molecule has 3 atom stereocenters. The van der Waals surface area contributed by atoms with E-state index >= 15 is 0 Å². The quantitative estimate of drug-likeness (QED) is 0.574. The van der Waals surface area contributed by atoms with E-state index < -0.39 is 0 Å². The minimum atomic E-state index is 0.367. The van der Waals surface area contributed by atoms with Gasteiger partial charge in [-0.3, -0.25) is 0 Å². The second-order valence-corrected chi connectivity index (χ2v) is 10.4. The van der Waals surface area contributed by atoms with E-state index in [1.165, 1.54) is 76.2 Å². The van der Waals surface area contributed by atoms with Gasteiger partial charge in [0.1, 0.15) is 0 Å². The first-order valence-corrected chi connectivity index (χ1v) is 11.3. The smallest absolute Gasteiger partial charge is 0.0606 e. The van der Waals surface area contributed by atoms with Gasteiger partial charge in [0.15, 0.2) is 0 Å². The molecule has 1 aromatic rings. The summed E-state index contributed by atoms with van der Waals surface area (Å²) < 4.78 is 6.81. The van der Waals surface area contributed by atoms with E-state index in [1.54, 1.807) is 0 Å². The van der Waals surface area contributed by atoms with Crippen LogP contribution in [0, 0.1) is 28.6 Å². The predicted octanol–water partition coefficient (Wildman–Crippen LogP) is 6.41. The fourth-order valence-electron chi connectivity index (χ4n) is 7.65. The maximum atomic E-state index is 6.81. The van der Waals surface area contributed by atoms with Gasteiger partial charge >= 0.3 is 0 Å². The molecule has 1 nitrogen and oxygen atoms in total. The van der Waals surface area contributed by atoms with Crippen molar-refractivity contribution in [3.05, 3.63) is 35.9 Å². The normalized spacial score (nSPS) is 38.6. The van der Waals surface area contributed by atoms with Gasteiger partial charge in [0, 0.05) is 5.41 Å². The van der Waals surface area contributed by atoms with E-state index in [2.05, 4.69) is 37.3 Å². The number of rotatable bonds is 6. The van der Waals surface area contributed by atoms with Gasteiger partial charge in [-0.15, -0.1) is 0 Å². The van der Waals surface area contributed by atoms with Gasteiger partial charge in [0.05, 0.1) is 12.7 Å². The van der Waals surface area contributed by atoms with Crippen molar-refractivity contribution in [2.75, 3.05) is 6.61 Å². The fraction of sp³-hybridized carbons (Fsp3) is 0.760. The summed E-state index contributed by atoms with van der Waals surface area (Å²) in [6, 6.07) is 11.2. The van der Waals surface area contributed by atoms with E-state index in [4.69, 9.17) is 4.74 Å². The van der Waals surface area contributed by atoms with Crippen LogP contribution in [-0.4, -0.2) is 12.7 Å². The summed E-state index contributed by atoms with van der Waals surface area (Å²) in [6.07, 6.45) is 16.0. The molecule has 26 heavy (non-hydrogen) atoms. The maximum absolute atomic E-state index is 6.81. The molecule has 3 unspecified atom stereocenters. The second-order valence-electron chi connectivity index (χ2n) is 10.4. The van der Waals surface area contributed by atoms with Crippen LogP contribution in [0.3, 0.4) is 0 Å². The standard InChI is InChI=1S/C25H36O/c1-19(26-18-25-16-21-12-22(17-25)14-23(25)13-21)24(10-6-3-7-11-24)15-20-8-4-2-5-9-20/h2,4-5,8-9,19,21-23H,3,6-7,10-18H2,1H3. The zero-order valence-electron chi connectivity index (χ0n) is 16.6. The number of benzene rings is 1. The Kier molecular flexibility index (Phi) is 4.43. The SMILES string of the molecule is CC(OCC12CC3CC(CC1C3)C2)C1(Cc2ccccc2)CCCCC1. The van der Waals surface area contributed by atoms with Gasteiger partial charge in [-0.1, -0.05) is 49.6 Å². The molecule has 0 saturated heterocycles. The molecule has 1 aromatic carbocycles. The molecular weight excluding hydrogens is 316 g/mol. The highest BCUT2D eigenvalue weighted by Crippen LogP contribution is 2.65. The van der Waals surface area contributed by atoms with Gasteiger partial charge in [-0.2, -0.15) is 0 Å². The molecule has 0 heterocycles. The summed E-state index contributed by atoms with van der Waals surface area (Å²) in [5, 5.41) is 0. The van der Waals surface area contributed by atoms with Crippen molar-refractivity contribution < 1.29 is 4.74 Å². The van der Waals surface area contributed by atoms with Crippen molar-refractivity contribution in [1.29, 1.82) is 0 Å². The number of hydrogen-bond donors (Lipinski definition) is 0. The first-order chi connectivity index (χ1) is 12.7. The molecule has 0 aliphatic heterocycles. The summed E-state index contributed by atoms with van der Waals surface area (Å²) in [5.41, 5.74) is 2.44. The molecule has 0 N–H and O–H groups in total. The lowest BCUT2D eigenvalue weighted by atomic mass is 9.67. The lowest BCUT2D eigenvalue weighted by Crippen LogP contribution is -2.41. The Morgan fingerprint density at radius 1 is 0.962 bits per heavy atom. The molecule has 4 bridgehead atoms. The molecule has 0 amide bonds. The molecule has 5 saturated carbocycles. The minimum absolute atomic E-state index is 0.367. The Bertz CT molecular complexity index is 600. The van der Waals surface area contributed by atoms with Gasteiger partial charge < -0.3 is 4.74 Å². The molecule has 0 radical (unpaired) electrons. The Labute approximate surface area is 159 Å². The molecule has 1 heteroatoms. The van der Waals surface area contributed by atoms with E-state index in [1.807, 2.05) is 0 Å². The van der Waals surface area contributed by atoms with Crippen LogP contribution in [0.4, 0.5) is 0 Å². The van der Waals surface area contributed by atoms with Gasteiger partial charge in [-0.25, -0.2) is 0 Å². The summed E-state index contributed by atoms with van der Waals surface area (Å²) in [5.74, 6) is 3.08. The maximum Gasteiger partial charge on any atom is 0.0606 e. The molecule has 0 spiro atoms. The molecule has 142 valence electrons. The van der Waals surface area contributed by atoms with E-state index in [0.717, 1.165) is 24.4 Å². The Hall–Kier alpha value is -0.820. The highest BCUT2D eigenvalue weighted by Gasteiger charge is 2.58. The lowest BCUT2D eigenvalue weighted by Gasteiger charge is -2.44. The Morgan fingerprint density at radius 3 is 2.35 bits per heavy atom. The summed E-state index contributed by atoms with van der Waals surface area (Å²) >= 11 is 0. The van der Waals surface area contributed by atoms with Gasteiger partial charge in [-0.05, 0) is 87.0 Å². The van der Waals surface area contributed by atoms with Crippen molar-refractivity contribution >= 4 is 0 Å². The number of hydrogen-bond acceptors (Lipinski definition) is 1. The van der Waals surface area contributed by atoms with Crippen molar-refractivity contribution in [3.8, 4) is 0 Å². The van der Waals surface area contributed by atoms with Crippen LogP contribution < -0.4 is 0 Å². The molecular formula is C25H36O. The molecule has 5 fully saturated rings. The van der Waals surface area contributed by atoms with Crippen LogP contribution in [0.25, 0.3) is 0 Å². The molecule has 5 aliphatic carbocycles. The minimum Gasteiger partial charge on any atom is -0.377 e. The average molecular weight is 353 g/mol. The van der Waals surface area contributed by atoms with Crippen LogP contribution >= 0.6 is 0 Å².